The van der Waals surface area contributed by atoms with E-state index < -0.39 is 0 Å². The quantitative estimate of drug-likeness (QED) is 0.929. The van der Waals surface area contributed by atoms with Gasteiger partial charge in [-0.15, -0.1) is 10.2 Å². The van der Waals surface area contributed by atoms with E-state index in [4.69, 9.17) is 0 Å². The Hall–Kier alpha value is -1.65. The average Bonchev–Trinajstić information content (AvgIpc) is 2.61. The average molecular weight is 302 g/mol. The van der Waals surface area contributed by atoms with Crippen LogP contribution in [-0.2, 0) is 0 Å². The normalized spacial score (nSPS) is 19.9. The first kappa shape index (κ1) is 15.3. The van der Waals surface area contributed by atoms with Crippen molar-refractivity contribution in [3.05, 3.63) is 17.8 Å². The standard InChI is InChI=1S/C17H26N4O/c22-17(18-13-14-7-3-1-4-8-14)15-9-10-16(20-19-15)21-11-5-2-6-12-21/h9-10,14H,1-8,11-13H2,(H,18,22). The Morgan fingerprint density at radius 1 is 1.05 bits per heavy atom. The van der Waals surface area contributed by atoms with E-state index >= 15 is 0 Å². The number of piperidine rings is 1. The molecule has 0 unspecified atom stereocenters. The fourth-order valence-electron chi connectivity index (χ4n) is 3.46. The Labute approximate surface area is 132 Å². The van der Waals surface area contributed by atoms with Crippen LogP contribution < -0.4 is 10.2 Å². The van der Waals surface area contributed by atoms with E-state index in [-0.39, 0.29) is 5.91 Å². The van der Waals surface area contributed by atoms with Crippen molar-refractivity contribution in [1.82, 2.24) is 15.5 Å². The lowest BCUT2D eigenvalue weighted by Gasteiger charge is -2.27. The molecular formula is C17H26N4O. The maximum absolute atomic E-state index is 12.1. The fourth-order valence-corrected chi connectivity index (χ4v) is 3.46. The molecular weight excluding hydrogens is 276 g/mol. The third-order valence-electron chi connectivity index (χ3n) is 4.84. The zero-order chi connectivity index (χ0) is 15.2. The Kier molecular flexibility index (Phi) is 5.24. The first-order valence-electron chi connectivity index (χ1n) is 8.70. The molecule has 1 saturated carbocycles. The predicted molar refractivity (Wildman–Crippen MR) is 87.0 cm³/mol. The third-order valence-corrected chi connectivity index (χ3v) is 4.84. The molecule has 1 amide bonds. The zero-order valence-corrected chi connectivity index (χ0v) is 13.3. The first-order chi connectivity index (χ1) is 10.8. The highest BCUT2D eigenvalue weighted by Crippen LogP contribution is 2.22. The van der Waals surface area contributed by atoms with E-state index in [2.05, 4.69) is 20.4 Å². The summed E-state index contributed by atoms with van der Waals surface area (Å²) < 4.78 is 0. The second-order valence-electron chi connectivity index (χ2n) is 6.54. The fraction of sp³-hybridized carbons (Fsp3) is 0.706. The summed E-state index contributed by atoms with van der Waals surface area (Å²) in [5, 5.41) is 11.4. The van der Waals surface area contributed by atoms with Crippen LogP contribution in [0, 0.1) is 5.92 Å². The van der Waals surface area contributed by atoms with Crippen LogP contribution in [0.4, 0.5) is 5.82 Å². The number of nitrogens with one attached hydrogen (secondary N) is 1. The van der Waals surface area contributed by atoms with Crippen LogP contribution in [0.2, 0.25) is 0 Å². The van der Waals surface area contributed by atoms with E-state index in [1.54, 1.807) is 6.07 Å². The molecule has 0 atom stereocenters. The monoisotopic (exact) mass is 302 g/mol. The third kappa shape index (κ3) is 3.96. The van der Waals surface area contributed by atoms with Crippen molar-refractivity contribution in [3.8, 4) is 0 Å². The highest BCUT2D eigenvalue weighted by atomic mass is 16.1. The maximum Gasteiger partial charge on any atom is 0.271 e. The van der Waals surface area contributed by atoms with Crippen LogP contribution in [0.3, 0.4) is 0 Å². The van der Waals surface area contributed by atoms with Crippen molar-refractivity contribution in [1.29, 1.82) is 0 Å². The minimum absolute atomic E-state index is 0.0942. The highest BCUT2D eigenvalue weighted by molar-refractivity contribution is 5.92. The van der Waals surface area contributed by atoms with Gasteiger partial charge < -0.3 is 10.2 Å². The highest BCUT2D eigenvalue weighted by Gasteiger charge is 2.17. The van der Waals surface area contributed by atoms with E-state index in [1.807, 2.05) is 6.07 Å². The molecule has 5 nitrogen and oxygen atoms in total. The zero-order valence-electron chi connectivity index (χ0n) is 13.3. The van der Waals surface area contributed by atoms with E-state index in [0.29, 0.717) is 11.6 Å². The number of anilines is 1. The van der Waals surface area contributed by atoms with Gasteiger partial charge in [-0.25, -0.2) is 0 Å². The Morgan fingerprint density at radius 2 is 1.77 bits per heavy atom. The molecule has 0 spiro atoms. The van der Waals surface area contributed by atoms with Gasteiger partial charge in [0.15, 0.2) is 11.5 Å². The topological polar surface area (TPSA) is 58.1 Å². The molecule has 1 aromatic heterocycles. The van der Waals surface area contributed by atoms with Crippen molar-refractivity contribution in [2.24, 2.45) is 5.92 Å². The van der Waals surface area contributed by atoms with Gasteiger partial charge in [-0.05, 0) is 50.2 Å². The summed E-state index contributed by atoms with van der Waals surface area (Å²) in [5.74, 6) is 1.44. The van der Waals surface area contributed by atoms with Crippen LogP contribution in [0.5, 0.6) is 0 Å². The van der Waals surface area contributed by atoms with Crippen LogP contribution in [0.1, 0.15) is 61.9 Å². The first-order valence-corrected chi connectivity index (χ1v) is 8.70. The van der Waals surface area contributed by atoms with Crippen molar-refractivity contribution >= 4 is 11.7 Å². The predicted octanol–water partition coefficient (Wildman–Crippen LogP) is 2.78. The maximum atomic E-state index is 12.1. The number of hydrogen-bond acceptors (Lipinski definition) is 4. The van der Waals surface area contributed by atoms with Gasteiger partial charge in [-0.2, -0.15) is 0 Å². The number of carbonyl (C=O) groups is 1. The molecule has 1 aromatic rings. The number of hydrogen-bond donors (Lipinski definition) is 1. The summed E-state index contributed by atoms with van der Waals surface area (Å²) in [5.41, 5.74) is 0.427. The van der Waals surface area contributed by atoms with Crippen molar-refractivity contribution < 1.29 is 4.79 Å². The Balaban J connectivity index is 1.51. The van der Waals surface area contributed by atoms with Crippen LogP contribution in [0.15, 0.2) is 12.1 Å². The molecule has 3 rings (SSSR count). The molecule has 1 N–H and O–H groups in total. The Morgan fingerprint density at radius 3 is 2.45 bits per heavy atom. The smallest absolute Gasteiger partial charge is 0.271 e. The number of nitrogens with zero attached hydrogens (tertiary/aromatic N) is 3. The lowest BCUT2D eigenvalue weighted by molar-refractivity contribution is 0.0937. The van der Waals surface area contributed by atoms with Crippen LogP contribution >= 0.6 is 0 Å². The van der Waals surface area contributed by atoms with Gasteiger partial charge in [0.2, 0.25) is 0 Å². The lowest BCUT2D eigenvalue weighted by atomic mass is 9.89. The van der Waals surface area contributed by atoms with Gasteiger partial charge in [0, 0.05) is 19.6 Å². The Bertz CT molecular complexity index is 476. The van der Waals surface area contributed by atoms with Gasteiger partial charge in [0.05, 0.1) is 0 Å². The molecule has 22 heavy (non-hydrogen) atoms. The van der Waals surface area contributed by atoms with Crippen LogP contribution in [-0.4, -0.2) is 35.7 Å². The summed E-state index contributed by atoms with van der Waals surface area (Å²) in [6.45, 7) is 2.86. The molecule has 2 fully saturated rings. The molecule has 120 valence electrons. The molecule has 2 heterocycles. The van der Waals surface area contributed by atoms with Crippen molar-refractivity contribution in [2.75, 3.05) is 24.5 Å². The molecule has 1 aliphatic carbocycles. The number of rotatable bonds is 4. The summed E-state index contributed by atoms with van der Waals surface area (Å²) in [7, 11) is 0. The summed E-state index contributed by atoms with van der Waals surface area (Å²) in [6, 6.07) is 3.72. The van der Waals surface area contributed by atoms with Gasteiger partial charge in [-0.1, -0.05) is 19.3 Å². The summed E-state index contributed by atoms with van der Waals surface area (Å²) in [4.78, 5) is 14.4. The molecule has 5 heteroatoms. The largest absolute Gasteiger partial charge is 0.355 e. The second kappa shape index (κ2) is 7.56. The lowest BCUT2D eigenvalue weighted by Crippen LogP contribution is -2.32. The number of aromatic nitrogens is 2. The van der Waals surface area contributed by atoms with E-state index in [9.17, 15) is 4.79 Å². The summed E-state index contributed by atoms with van der Waals surface area (Å²) >= 11 is 0. The number of carbonyl (C=O) groups excluding carboxylic acids is 1. The minimum atomic E-state index is -0.0942. The molecule has 2 aliphatic rings. The van der Waals surface area contributed by atoms with Gasteiger partial charge in [-0.3, -0.25) is 4.79 Å². The molecule has 1 saturated heterocycles. The van der Waals surface area contributed by atoms with Gasteiger partial charge in [0.1, 0.15) is 0 Å². The van der Waals surface area contributed by atoms with E-state index in [0.717, 1.165) is 25.5 Å². The molecule has 0 aromatic carbocycles. The van der Waals surface area contributed by atoms with Crippen LogP contribution in [0.25, 0.3) is 0 Å². The second-order valence-corrected chi connectivity index (χ2v) is 6.54. The van der Waals surface area contributed by atoms with Crippen molar-refractivity contribution in [2.45, 2.75) is 51.4 Å². The summed E-state index contributed by atoms with van der Waals surface area (Å²) in [6.07, 6.45) is 10.1. The molecule has 0 radical (unpaired) electrons. The SMILES string of the molecule is O=C(NCC1CCCCC1)c1ccc(N2CCCCC2)nn1. The number of amides is 1. The van der Waals surface area contributed by atoms with Gasteiger partial charge in [0.25, 0.3) is 5.91 Å². The minimum Gasteiger partial charge on any atom is -0.355 e. The molecule has 1 aliphatic heterocycles. The van der Waals surface area contributed by atoms with E-state index in [1.165, 1.54) is 51.4 Å². The van der Waals surface area contributed by atoms with Gasteiger partial charge >= 0.3 is 0 Å². The molecule has 0 bridgehead atoms. The van der Waals surface area contributed by atoms with Crippen molar-refractivity contribution in [3.63, 3.8) is 0 Å².